The SMILES string of the molecule is O=C(CCCl)N1CCCC(F)C1. The summed E-state index contributed by atoms with van der Waals surface area (Å²) in [6.45, 7) is 0.950. The van der Waals surface area contributed by atoms with Crippen LogP contribution in [0.1, 0.15) is 19.3 Å². The minimum Gasteiger partial charge on any atom is -0.340 e. The van der Waals surface area contributed by atoms with E-state index in [1.807, 2.05) is 0 Å². The maximum atomic E-state index is 12.8. The molecule has 70 valence electrons. The highest BCUT2D eigenvalue weighted by Crippen LogP contribution is 2.13. The lowest BCUT2D eigenvalue weighted by Gasteiger charge is -2.28. The number of likely N-dealkylation sites (tertiary alicyclic amines) is 1. The molecule has 0 N–H and O–H groups in total. The van der Waals surface area contributed by atoms with Gasteiger partial charge in [0, 0.05) is 18.8 Å². The Balaban J connectivity index is 2.35. The molecule has 0 saturated carbocycles. The van der Waals surface area contributed by atoms with E-state index in [4.69, 9.17) is 11.6 Å². The van der Waals surface area contributed by atoms with Crippen LogP contribution in [0.25, 0.3) is 0 Å². The molecule has 1 aliphatic heterocycles. The van der Waals surface area contributed by atoms with Gasteiger partial charge in [-0.15, -0.1) is 11.6 Å². The first kappa shape index (κ1) is 9.78. The molecule has 1 saturated heterocycles. The molecule has 0 aromatic carbocycles. The summed E-state index contributed by atoms with van der Waals surface area (Å²) in [5, 5.41) is 0. The van der Waals surface area contributed by atoms with Gasteiger partial charge in [0.1, 0.15) is 6.17 Å². The van der Waals surface area contributed by atoms with Crippen molar-refractivity contribution >= 4 is 17.5 Å². The van der Waals surface area contributed by atoms with E-state index in [-0.39, 0.29) is 12.5 Å². The van der Waals surface area contributed by atoms with Crippen LogP contribution in [0.2, 0.25) is 0 Å². The highest BCUT2D eigenvalue weighted by molar-refractivity contribution is 6.18. The Bertz CT molecular complexity index is 165. The number of carbonyl (C=O) groups is 1. The van der Waals surface area contributed by atoms with Crippen LogP contribution in [-0.4, -0.2) is 35.9 Å². The average Bonchev–Trinajstić information content (AvgIpc) is 2.05. The van der Waals surface area contributed by atoms with Crippen LogP contribution in [0.5, 0.6) is 0 Å². The molecule has 12 heavy (non-hydrogen) atoms. The molecule has 0 aromatic heterocycles. The number of carbonyl (C=O) groups excluding carboxylic acids is 1. The van der Waals surface area contributed by atoms with Crippen LogP contribution in [0, 0.1) is 0 Å². The van der Waals surface area contributed by atoms with E-state index in [0.29, 0.717) is 25.3 Å². The summed E-state index contributed by atoms with van der Waals surface area (Å²) in [6, 6.07) is 0. The Hall–Kier alpha value is -0.310. The van der Waals surface area contributed by atoms with Gasteiger partial charge in [0.25, 0.3) is 0 Å². The molecule has 1 rings (SSSR count). The van der Waals surface area contributed by atoms with Gasteiger partial charge < -0.3 is 4.90 Å². The average molecular weight is 194 g/mol. The summed E-state index contributed by atoms with van der Waals surface area (Å²) in [4.78, 5) is 12.8. The molecule has 0 spiro atoms. The van der Waals surface area contributed by atoms with E-state index in [9.17, 15) is 9.18 Å². The highest BCUT2D eigenvalue weighted by Gasteiger charge is 2.22. The van der Waals surface area contributed by atoms with E-state index in [2.05, 4.69) is 0 Å². The van der Waals surface area contributed by atoms with Crippen LogP contribution in [0.15, 0.2) is 0 Å². The normalized spacial score (nSPS) is 24.2. The summed E-state index contributed by atoms with van der Waals surface area (Å²) in [5.74, 6) is 0.305. The number of hydrogen-bond acceptors (Lipinski definition) is 1. The van der Waals surface area contributed by atoms with Crippen LogP contribution in [0.3, 0.4) is 0 Å². The predicted molar refractivity (Wildman–Crippen MR) is 46.0 cm³/mol. The number of amides is 1. The maximum absolute atomic E-state index is 12.8. The number of piperidine rings is 1. The van der Waals surface area contributed by atoms with Crippen LogP contribution < -0.4 is 0 Å². The largest absolute Gasteiger partial charge is 0.340 e. The molecule has 2 nitrogen and oxygen atoms in total. The molecule has 0 aromatic rings. The van der Waals surface area contributed by atoms with Gasteiger partial charge in [-0.25, -0.2) is 4.39 Å². The molecule has 0 bridgehead atoms. The van der Waals surface area contributed by atoms with Gasteiger partial charge in [-0.1, -0.05) is 0 Å². The van der Waals surface area contributed by atoms with Crippen molar-refractivity contribution in [2.24, 2.45) is 0 Å². The number of rotatable bonds is 2. The summed E-state index contributed by atoms with van der Waals surface area (Å²) >= 11 is 5.41. The summed E-state index contributed by atoms with van der Waals surface area (Å²) in [7, 11) is 0. The summed E-state index contributed by atoms with van der Waals surface area (Å²) in [5.41, 5.74) is 0. The monoisotopic (exact) mass is 193 g/mol. The number of halogens is 2. The number of alkyl halides is 2. The predicted octanol–water partition coefficient (Wildman–Crippen LogP) is 1.58. The highest BCUT2D eigenvalue weighted by atomic mass is 35.5. The lowest BCUT2D eigenvalue weighted by Crippen LogP contribution is -2.40. The van der Waals surface area contributed by atoms with Gasteiger partial charge >= 0.3 is 0 Å². The Morgan fingerprint density at radius 1 is 1.67 bits per heavy atom. The van der Waals surface area contributed by atoms with Gasteiger partial charge in [0.05, 0.1) is 6.54 Å². The molecular formula is C8H13ClFNO. The molecule has 1 amide bonds. The molecule has 0 radical (unpaired) electrons. The standard InChI is InChI=1S/C8H13ClFNO/c9-4-3-8(12)11-5-1-2-7(10)6-11/h7H,1-6H2. The fourth-order valence-corrected chi connectivity index (χ4v) is 1.55. The fourth-order valence-electron chi connectivity index (χ4n) is 1.39. The Morgan fingerprint density at radius 2 is 2.42 bits per heavy atom. The second kappa shape index (κ2) is 4.65. The molecule has 1 atom stereocenters. The van der Waals surface area contributed by atoms with Crippen molar-refractivity contribution in [3.63, 3.8) is 0 Å². The molecule has 0 aliphatic carbocycles. The third kappa shape index (κ3) is 2.63. The van der Waals surface area contributed by atoms with Crippen LogP contribution >= 0.6 is 11.6 Å². The van der Waals surface area contributed by atoms with E-state index in [0.717, 1.165) is 6.42 Å². The van der Waals surface area contributed by atoms with Crippen molar-refractivity contribution in [2.45, 2.75) is 25.4 Å². The second-order valence-electron chi connectivity index (χ2n) is 3.02. The second-order valence-corrected chi connectivity index (χ2v) is 3.40. The maximum Gasteiger partial charge on any atom is 0.223 e. The summed E-state index contributed by atoms with van der Waals surface area (Å²) < 4.78 is 12.8. The van der Waals surface area contributed by atoms with Crippen molar-refractivity contribution in [3.8, 4) is 0 Å². The van der Waals surface area contributed by atoms with Gasteiger partial charge in [-0.05, 0) is 12.8 Å². The third-order valence-corrected chi connectivity index (χ3v) is 2.21. The zero-order valence-electron chi connectivity index (χ0n) is 6.93. The lowest BCUT2D eigenvalue weighted by atomic mass is 10.1. The van der Waals surface area contributed by atoms with Gasteiger partial charge in [0.15, 0.2) is 0 Å². The van der Waals surface area contributed by atoms with Gasteiger partial charge in [-0.3, -0.25) is 4.79 Å². The Labute approximate surface area is 76.7 Å². The molecule has 1 aliphatic rings. The van der Waals surface area contributed by atoms with Crippen molar-refractivity contribution in [1.82, 2.24) is 4.90 Å². The quantitative estimate of drug-likeness (QED) is 0.610. The lowest BCUT2D eigenvalue weighted by molar-refractivity contribution is -0.132. The van der Waals surface area contributed by atoms with E-state index in [1.54, 1.807) is 4.90 Å². The van der Waals surface area contributed by atoms with Crippen molar-refractivity contribution in [2.75, 3.05) is 19.0 Å². The molecule has 1 unspecified atom stereocenters. The molecular weight excluding hydrogens is 181 g/mol. The zero-order chi connectivity index (χ0) is 8.97. The fraction of sp³-hybridized carbons (Fsp3) is 0.875. The smallest absolute Gasteiger partial charge is 0.223 e. The van der Waals surface area contributed by atoms with E-state index in [1.165, 1.54) is 0 Å². The van der Waals surface area contributed by atoms with Gasteiger partial charge in [-0.2, -0.15) is 0 Å². The molecule has 1 heterocycles. The first-order chi connectivity index (χ1) is 5.74. The van der Waals surface area contributed by atoms with E-state index >= 15 is 0 Å². The van der Waals surface area contributed by atoms with Gasteiger partial charge in [0.2, 0.25) is 5.91 Å². The first-order valence-corrected chi connectivity index (χ1v) is 4.75. The zero-order valence-corrected chi connectivity index (χ0v) is 7.69. The van der Waals surface area contributed by atoms with Crippen molar-refractivity contribution in [3.05, 3.63) is 0 Å². The number of hydrogen-bond donors (Lipinski definition) is 0. The topological polar surface area (TPSA) is 20.3 Å². The van der Waals surface area contributed by atoms with Crippen LogP contribution in [0.4, 0.5) is 4.39 Å². The number of nitrogens with zero attached hydrogens (tertiary/aromatic N) is 1. The summed E-state index contributed by atoms with van der Waals surface area (Å²) in [6.07, 6.45) is 0.853. The third-order valence-electron chi connectivity index (χ3n) is 2.02. The van der Waals surface area contributed by atoms with Crippen molar-refractivity contribution in [1.29, 1.82) is 0 Å². The van der Waals surface area contributed by atoms with E-state index < -0.39 is 6.17 Å². The van der Waals surface area contributed by atoms with Crippen LogP contribution in [-0.2, 0) is 4.79 Å². The van der Waals surface area contributed by atoms with Crippen molar-refractivity contribution < 1.29 is 9.18 Å². The molecule has 1 fully saturated rings. The first-order valence-electron chi connectivity index (χ1n) is 4.22. The Morgan fingerprint density at radius 3 is 3.00 bits per heavy atom. The minimum absolute atomic E-state index is 0.0210. The Kier molecular flexibility index (Phi) is 3.79. The minimum atomic E-state index is -0.835. The molecule has 4 heteroatoms.